The average molecular weight is 332 g/mol. The molecule has 2 bridgehead atoms. The maximum Gasteiger partial charge on any atom is 0.410 e. The molecular weight excluding hydrogens is 304 g/mol. The summed E-state index contributed by atoms with van der Waals surface area (Å²) in [4.78, 5) is 14.5. The van der Waals surface area contributed by atoms with E-state index in [1.807, 2.05) is 49.9 Å². The minimum absolute atomic E-state index is 0.190. The molecule has 24 heavy (non-hydrogen) atoms. The van der Waals surface area contributed by atoms with Gasteiger partial charge in [0.1, 0.15) is 17.0 Å². The number of carbonyl (C=O) groups is 1. The maximum atomic E-state index is 12.5. The number of carbonyl (C=O) groups excluding carboxylic acids is 1. The number of piperidine rings is 1. The fourth-order valence-electron chi connectivity index (χ4n) is 3.96. The summed E-state index contributed by atoms with van der Waals surface area (Å²) in [6.07, 6.45) is 3.50. The van der Waals surface area contributed by atoms with Crippen LogP contribution in [0.2, 0.25) is 0 Å². The van der Waals surface area contributed by atoms with Crippen LogP contribution < -0.4 is 10.5 Å². The van der Waals surface area contributed by atoms with Crippen molar-refractivity contribution in [2.24, 2.45) is 0 Å². The molecule has 3 rings (SSSR count). The van der Waals surface area contributed by atoms with Crippen molar-refractivity contribution in [1.29, 1.82) is 0 Å². The van der Waals surface area contributed by atoms with E-state index in [1.54, 1.807) is 0 Å². The van der Waals surface area contributed by atoms with Crippen molar-refractivity contribution in [1.82, 2.24) is 4.90 Å². The molecule has 0 spiro atoms. The lowest BCUT2D eigenvalue weighted by molar-refractivity contribution is -0.0363. The zero-order chi connectivity index (χ0) is 17.5. The molecule has 1 amide bonds. The number of nitrogens with two attached hydrogens (primary N) is 1. The number of benzene rings is 1. The molecule has 132 valence electrons. The van der Waals surface area contributed by atoms with E-state index in [2.05, 4.69) is 6.92 Å². The van der Waals surface area contributed by atoms with Gasteiger partial charge < -0.3 is 20.1 Å². The van der Waals surface area contributed by atoms with Gasteiger partial charge in [-0.1, -0.05) is 0 Å². The smallest absolute Gasteiger partial charge is 0.410 e. The number of nitrogens with zero attached hydrogens (tertiary/aromatic N) is 1. The van der Waals surface area contributed by atoms with Crippen molar-refractivity contribution in [2.45, 2.75) is 76.7 Å². The largest absolute Gasteiger partial charge is 0.487 e. The van der Waals surface area contributed by atoms with Gasteiger partial charge in [0.25, 0.3) is 0 Å². The van der Waals surface area contributed by atoms with E-state index in [-0.39, 0.29) is 23.8 Å². The Morgan fingerprint density at radius 2 is 1.71 bits per heavy atom. The van der Waals surface area contributed by atoms with Crippen LogP contribution in [0, 0.1) is 0 Å². The topological polar surface area (TPSA) is 64.8 Å². The molecule has 0 aromatic heterocycles. The van der Waals surface area contributed by atoms with Gasteiger partial charge in [0.15, 0.2) is 0 Å². The van der Waals surface area contributed by atoms with Gasteiger partial charge >= 0.3 is 6.09 Å². The Hall–Kier alpha value is -1.91. The molecule has 1 aromatic carbocycles. The van der Waals surface area contributed by atoms with Gasteiger partial charge in [-0.2, -0.15) is 0 Å². The van der Waals surface area contributed by atoms with Crippen LogP contribution in [0.4, 0.5) is 10.5 Å². The lowest BCUT2D eigenvalue weighted by Crippen LogP contribution is -2.55. The Balaban J connectivity index is 1.70. The lowest BCUT2D eigenvalue weighted by atomic mass is 9.87. The standard InChI is InChI=1S/C19H28N2O3/c1-18(2,3)24-17(22)21-14-7-8-15(21)12-19(4,11-14)23-16-9-5-13(20)6-10-16/h5-6,9-10,14-15H,7-8,11-12,20H2,1-4H3. The second-order valence-electron chi connectivity index (χ2n) is 8.30. The molecule has 2 fully saturated rings. The molecular formula is C19H28N2O3. The molecule has 1 aromatic rings. The lowest BCUT2D eigenvalue weighted by Gasteiger charge is -2.44. The molecule has 5 nitrogen and oxygen atoms in total. The second kappa shape index (κ2) is 5.87. The Morgan fingerprint density at radius 1 is 1.17 bits per heavy atom. The maximum absolute atomic E-state index is 12.5. The van der Waals surface area contributed by atoms with Crippen LogP contribution in [-0.4, -0.2) is 34.3 Å². The number of nitrogen functional groups attached to an aromatic ring is 1. The molecule has 0 radical (unpaired) electrons. The van der Waals surface area contributed by atoms with E-state index < -0.39 is 5.60 Å². The van der Waals surface area contributed by atoms with Crippen LogP contribution in [0.15, 0.2) is 24.3 Å². The van der Waals surface area contributed by atoms with E-state index in [0.29, 0.717) is 0 Å². The van der Waals surface area contributed by atoms with Crippen molar-refractivity contribution >= 4 is 11.8 Å². The van der Waals surface area contributed by atoms with Crippen molar-refractivity contribution in [3.05, 3.63) is 24.3 Å². The van der Waals surface area contributed by atoms with Crippen molar-refractivity contribution in [2.75, 3.05) is 5.73 Å². The summed E-state index contributed by atoms with van der Waals surface area (Å²) >= 11 is 0. The molecule has 2 saturated heterocycles. The summed E-state index contributed by atoms with van der Waals surface area (Å²) in [6, 6.07) is 7.90. The summed E-state index contributed by atoms with van der Waals surface area (Å²) < 4.78 is 11.9. The third-order valence-electron chi connectivity index (χ3n) is 4.80. The van der Waals surface area contributed by atoms with Crippen molar-refractivity contribution < 1.29 is 14.3 Å². The van der Waals surface area contributed by atoms with E-state index in [9.17, 15) is 4.79 Å². The number of ether oxygens (including phenoxy) is 2. The van der Waals surface area contributed by atoms with Gasteiger partial charge in [-0.05, 0) is 64.8 Å². The molecule has 2 unspecified atom stereocenters. The monoisotopic (exact) mass is 332 g/mol. The van der Waals surface area contributed by atoms with Crippen LogP contribution in [0.5, 0.6) is 5.75 Å². The number of anilines is 1. The highest BCUT2D eigenvalue weighted by Crippen LogP contribution is 2.43. The van der Waals surface area contributed by atoms with E-state index in [0.717, 1.165) is 37.1 Å². The van der Waals surface area contributed by atoms with E-state index in [1.165, 1.54) is 0 Å². The summed E-state index contributed by atoms with van der Waals surface area (Å²) in [5.74, 6) is 0.830. The van der Waals surface area contributed by atoms with Gasteiger partial charge in [-0.3, -0.25) is 0 Å². The third-order valence-corrected chi connectivity index (χ3v) is 4.80. The minimum Gasteiger partial charge on any atom is -0.487 e. The zero-order valence-electron chi connectivity index (χ0n) is 15.0. The van der Waals surface area contributed by atoms with E-state index >= 15 is 0 Å². The number of hydrogen-bond donors (Lipinski definition) is 1. The normalized spacial score (nSPS) is 29.4. The summed E-state index contributed by atoms with van der Waals surface area (Å²) in [6.45, 7) is 7.86. The number of amides is 1. The van der Waals surface area contributed by atoms with Gasteiger partial charge in [0.2, 0.25) is 0 Å². The molecule has 0 aliphatic carbocycles. The number of hydrogen-bond acceptors (Lipinski definition) is 4. The van der Waals surface area contributed by atoms with Gasteiger partial charge in [-0.15, -0.1) is 0 Å². The fourth-order valence-corrected chi connectivity index (χ4v) is 3.96. The highest BCUT2D eigenvalue weighted by atomic mass is 16.6. The molecule has 2 aliphatic rings. The first kappa shape index (κ1) is 16.9. The average Bonchev–Trinajstić information content (AvgIpc) is 2.73. The first-order chi connectivity index (χ1) is 11.2. The quantitative estimate of drug-likeness (QED) is 0.832. The van der Waals surface area contributed by atoms with Crippen LogP contribution in [-0.2, 0) is 4.74 Å². The Morgan fingerprint density at radius 3 is 2.21 bits per heavy atom. The predicted octanol–water partition coefficient (Wildman–Crippen LogP) is 3.97. The minimum atomic E-state index is -0.461. The first-order valence-electron chi connectivity index (χ1n) is 8.71. The molecule has 2 heterocycles. The van der Waals surface area contributed by atoms with E-state index in [4.69, 9.17) is 15.2 Å². The van der Waals surface area contributed by atoms with Crippen LogP contribution >= 0.6 is 0 Å². The zero-order valence-corrected chi connectivity index (χ0v) is 15.0. The van der Waals surface area contributed by atoms with Gasteiger partial charge in [0, 0.05) is 30.6 Å². The Bertz CT molecular complexity index is 592. The van der Waals surface area contributed by atoms with Crippen LogP contribution in [0.1, 0.15) is 53.4 Å². The Labute approximate surface area is 144 Å². The fraction of sp³-hybridized carbons (Fsp3) is 0.632. The Kier molecular flexibility index (Phi) is 4.14. The molecule has 0 saturated carbocycles. The highest BCUT2D eigenvalue weighted by molar-refractivity contribution is 5.69. The summed E-state index contributed by atoms with van der Waals surface area (Å²) in [7, 11) is 0. The second-order valence-corrected chi connectivity index (χ2v) is 8.30. The van der Waals surface area contributed by atoms with Gasteiger partial charge in [-0.25, -0.2) is 4.79 Å². The molecule has 2 atom stereocenters. The molecule has 2 aliphatic heterocycles. The van der Waals surface area contributed by atoms with Crippen LogP contribution in [0.3, 0.4) is 0 Å². The van der Waals surface area contributed by atoms with Crippen LogP contribution in [0.25, 0.3) is 0 Å². The SMILES string of the molecule is CC(C)(C)OC(=O)N1C2CCC1CC(C)(Oc1ccc(N)cc1)C2. The summed E-state index contributed by atoms with van der Waals surface area (Å²) in [5, 5.41) is 0. The molecule has 2 N–H and O–H groups in total. The third kappa shape index (κ3) is 3.60. The van der Waals surface area contributed by atoms with Crippen molar-refractivity contribution in [3.8, 4) is 5.75 Å². The highest BCUT2D eigenvalue weighted by Gasteiger charge is 2.50. The van der Waals surface area contributed by atoms with Gasteiger partial charge in [0.05, 0.1) is 0 Å². The number of fused-ring (bicyclic) bond motifs is 2. The predicted molar refractivity (Wildman–Crippen MR) is 94.0 cm³/mol. The summed E-state index contributed by atoms with van der Waals surface area (Å²) in [5.41, 5.74) is 5.74. The molecule has 5 heteroatoms. The number of rotatable bonds is 2. The van der Waals surface area contributed by atoms with Crippen molar-refractivity contribution in [3.63, 3.8) is 0 Å². The first-order valence-corrected chi connectivity index (χ1v) is 8.71.